The van der Waals surface area contributed by atoms with Gasteiger partial charge in [-0.3, -0.25) is 9.80 Å². The van der Waals surface area contributed by atoms with E-state index in [9.17, 15) is 4.79 Å². The van der Waals surface area contributed by atoms with Crippen LogP contribution in [0.1, 0.15) is 26.7 Å². The van der Waals surface area contributed by atoms with Crippen molar-refractivity contribution in [2.75, 3.05) is 0 Å². The van der Waals surface area contributed by atoms with Gasteiger partial charge in [-0.1, -0.05) is 0 Å². The quantitative estimate of drug-likeness (QED) is 0.585. The summed E-state index contributed by atoms with van der Waals surface area (Å²) in [4.78, 5) is 13.4. The van der Waals surface area contributed by atoms with E-state index in [1.54, 1.807) is 0 Å². The highest BCUT2D eigenvalue weighted by Gasteiger charge is 2.37. The molecule has 10 heavy (non-hydrogen) atoms. The van der Waals surface area contributed by atoms with E-state index in [2.05, 4.69) is 4.94 Å². The maximum Gasteiger partial charge on any atom is 0.238 e. The molecule has 1 heterocycles. The lowest BCUT2D eigenvalue weighted by molar-refractivity contribution is -0.132. The molecule has 4 heteroatoms. The van der Waals surface area contributed by atoms with Crippen LogP contribution in [0.15, 0.2) is 0 Å². The minimum Gasteiger partial charge on any atom is -0.273 e. The lowest BCUT2D eigenvalue weighted by Gasteiger charge is -2.28. The van der Waals surface area contributed by atoms with Crippen molar-refractivity contribution in [1.82, 2.24) is 9.95 Å². The van der Waals surface area contributed by atoms with Gasteiger partial charge in [0.15, 0.2) is 0 Å². The number of hydrogen-bond donors (Lipinski definition) is 1. The molecule has 0 atom stereocenters. The number of carbonyl (C=O) groups excluding carboxylic acids is 1. The topological polar surface area (TPSA) is 32.3 Å². The van der Waals surface area contributed by atoms with E-state index in [4.69, 9.17) is 11.8 Å². The molecule has 0 aliphatic carbocycles. The van der Waals surface area contributed by atoms with Gasteiger partial charge in [0.05, 0.1) is 5.54 Å². The van der Waals surface area contributed by atoms with E-state index in [1.807, 2.05) is 13.8 Å². The normalized spacial score (nSPS) is 23.9. The molecule has 0 aromatic carbocycles. The molecule has 0 aromatic heterocycles. The van der Waals surface area contributed by atoms with Crippen molar-refractivity contribution in [3.8, 4) is 0 Å². The highest BCUT2D eigenvalue weighted by atomic mass is 35.5. The second-order valence-electron chi connectivity index (χ2n) is 3.13. The minimum atomic E-state index is -0.126. The monoisotopic (exact) mass is 162 g/mol. The molecule has 0 aromatic rings. The van der Waals surface area contributed by atoms with Gasteiger partial charge in [-0.2, -0.15) is 0 Å². The Morgan fingerprint density at radius 3 is 2.50 bits per heavy atom. The number of nitrogens with one attached hydrogen (secondary N) is 1. The Bertz CT molecular complexity index is 158. The van der Waals surface area contributed by atoms with Crippen molar-refractivity contribution in [2.24, 2.45) is 0 Å². The molecule has 1 aliphatic rings. The van der Waals surface area contributed by atoms with Crippen LogP contribution in [-0.2, 0) is 4.79 Å². The molecule has 1 saturated heterocycles. The predicted octanol–water partition coefficient (Wildman–Crippen LogP) is 1.05. The third-order valence-corrected chi connectivity index (χ3v) is 2.06. The molecule has 3 nitrogen and oxygen atoms in total. The number of hydrogen-bond acceptors (Lipinski definition) is 2. The van der Waals surface area contributed by atoms with Gasteiger partial charge in [0, 0.05) is 6.42 Å². The maximum absolute atomic E-state index is 11.0. The van der Waals surface area contributed by atoms with Crippen molar-refractivity contribution < 1.29 is 4.79 Å². The number of halogens is 1. The van der Waals surface area contributed by atoms with Crippen LogP contribution in [0, 0.1) is 0 Å². The summed E-state index contributed by atoms with van der Waals surface area (Å²) >= 11 is 5.34. The summed E-state index contributed by atoms with van der Waals surface area (Å²) in [5.41, 5.74) is -0.126. The van der Waals surface area contributed by atoms with Crippen molar-refractivity contribution in [3.63, 3.8) is 0 Å². The van der Waals surface area contributed by atoms with E-state index in [-0.39, 0.29) is 11.4 Å². The zero-order chi connectivity index (χ0) is 7.78. The summed E-state index contributed by atoms with van der Waals surface area (Å²) in [5.74, 6) is 0.0694. The molecule has 1 amide bonds. The highest BCUT2D eigenvalue weighted by Crippen LogP contribution is 2.27. The summed E-state index contributed by atoms with van der Waals surface area (Å²) < 4.78 is 0. The van der Waals surface area contributed by atoms with E-state index >= 15 is 0 Å². The van der Waals surface area contributed by atoms with Gasteiger partial charge in [-0.25, -0.2) is 0 Å². The van der Waals surface area contributed by atoms with Crippen molar-refractivity contribution in [1.29, 1.82) is 0 Å². The number of carbonyl (C=O) groups is 1. The van der Waals surface area contributed by atoms with E-state index in [0.717, 1.165) is 6.42 Å². The van der Waals surface area contributed by atoms with Crippen molar-refractivity contribution >= 4 is 17.7 Å². The van der Waals surface area contributed by atoms with Gasteiger partial charge in [0.25, 0.3) is 0 Å². The average Bonchev–Trinajstić information content (AvgIpc) is 2.07. The Morgan fingerprint density at radius 2 is 2.30 bits per heavy atom. The molecular weight excluding hydrogens is 152 g/mol. The van der Waals surface area contributed by atoms with Crippen LogP contribution in [0.3, 0.4) is 0 Å². The first-order valence-electron chi connectivity index (χ1n) is 3.27. The third kappa shape index (κ3) is 1.11. The SMILES string of the molecule is CC1(C)CCC(=O)N1NCl. The second-order valence-corrected chi connectivity index (χ2v) is 3.30. The molecule has 0 unspecified atom stereocenters. The molecule has 0 bridgehead atoms. The lowest BCUT2D eigenvalue weighted by Crippen LogP contribution is -2.45. The fourth-order valence-corrected chi connectivity index (χ4v) is 1.46. The molecule has 58 valence electrons. The first kappa shape index (κ1) is 7.82. The first-order chi connectivity index (χ1) is 4.58. The van der Waals surface area contributed by atoms with Gasteiger partial charge in [0.1, 0.15) is 0 Å². The molecule has 1 rings (SSSR count). The molecular formula is C6H11ClN2O. The smallest absolute Gasteiger partial charge is 0.238 e. The Morgan fingerprint density at radius 1 is 1.70 bits per heavy atom. The van der Waals surface area contributed by atoms with Gasteiger partial charge in [-0.05, 0) is 32.0 Å². The summed E-state index contributed by atoms with van der Waals surface area (Å²) in [5, 5.41) is 1.47. The molecule has 1 N–H and O–H groups in total. The van der Waals surface area contributed by atoms with Crippen LogP contribution in [0.5, 0.6) is 0 Å². The molecule has 0 radical (unpaired) electrons. The Hall–Kier alpha value is -0.280. The fraction of sp³-hybridized carbons (Fsp3) is 0.833. The van der Waals surface area contributed by atoms with Gasteiger partial charge in [-0.15, -0.1) is 4.94 Å². The van der Waals surface area contributed by atoms with E-state index < -0.39 is 0 Å². The number of amides is 1. The zero-order valence-electron chi connectivity index (χ0n) is 6.15. The molecule has 1 aliphatic heterocycles. The Balaban J connectivity index is 2.73. The summed E-state index contributed by atoms with van der Waals surface area (Å²) in [6, 6.07) is 0. The van der Waals surface area contributed by atoms with Crippen molar-refractivity contribution in [3.05, 3.63) is 0 Å². The van der Waals surface area contributed by atoms with Crippen LogP contribution >= 0.6 is 11.8 Å². The van der Waals surface area contributed by atoms with Crippen LogP contribution in [0.2, 0.25) is 0 Å². The summed E-state index contributed by atoms with van der Waals surface area (Å²) in [7, 11) is 0. The maximum atomic E-state index is 11.0. The summed E-state index contributed by atoms with van der Waals surface area (Å²) in [6.07, 6.45) is 1.46. The average molecular weight is 163 g/mol. The summed E-state index contributed by atoms with van der Waals surface area (Å²) in [6.45, 7) is 3.96. The van der Waals surface area contributed by atoms with Gasteiger partial charge >= 0.3 is 0 Å². The number of hydrazine groups is 1. The molecule has 0 spiro atoms. The second kappa shape index (κ2) is 2.40. The number of rotatable bonds is 1. The minimum absolute atomic E-state index is 0.0694. The fourth-order valence-electron chi connectivity index (χ4n) is 1.14. The predicted molar refractivity (Wildman–Crippen MR) is 39.1 cm³/mol. The van der Waals surface area contributed by atoms with Crippen molar-refractivity contribution in [2.45, 2.75) is 32.2 Å². The molecule has 1 fully saturated rings. The van der Waals surface area contributed by atoms with Crippen LogP contribution in [0.25, 0.3) is 0 Å². The van der Waals surface area contributed by atoms with Gasteiger partial charge < -0.3 is 0 Å². The van der Waals surface area contributed by atoms with Crippen LogP contribution in [-0.4, -0.2) is 16.5 Å². The molecule has 0 saturated carbocycles. The zero-order valence-corrected chi connectivity index (χ0v) is 6.90. The lowest BCUT2D eigenvalue weighted by atomic mass is 10.0. The standard InChI is InChI=1S/C6H11ClN2O/c1-6(2)4-3-5(10)9(6)8-7/h8H,3-4H2,1-2H3. The first-order valence-corrected chi connectivity index (χ1v) is 3.65. The largest absolute Gasteiger partial charge is 0.273 e. The highest BCUT2D eigenvalue weighted by molar-refractivity contribution is 6.14. The van der Waals surface area contributed by atoms with Crippen LogP contribution < -0.4 is 4.94 Å². The Kier molecular flexibility index (Phi) is 1.88. The van der Waals surface area contributed by atoms with E-state index in [1.165, 1.54) is 5.01 Å². The Labute approximate surface area is 65.4 Å². The van der Waals surface area contributed by atoms with Gasteiger partial charge in [0.2, 0.25) is 5.91 Å². The third-order valence-electron chi connectivity index (χ3n) is 1.89. The van der Waals surface area contributed by atoms with Crippen LogP contribution in [0.4, 0.5) is 0 Å². The van der Waals surface area contributed by atoms with E-state index in [0.29, 0.717) is 6.42 Å². The number of nitrogens with zero attached hydrogens (tertiary/aromatic N) is 1.